The van der Waals surface area contributed by atoms with Crippen molar-refractivity contribution in [3.63, 3.8) is 0 Å². The van der Waals surface area contributed by atoms with Gasteiger partial charge in [-0.1, -0.05) is 0 Å². The van der Waals surface area contributed by atoms with Gasteiger partial charge in [0, 0.05) is 12.0 Å². The van der Waals surface area contributed by atoms with E-state index in [0.717, 1.165) is 24.7 Å². The van der Waals surface area contributed by atoms with Gasteiger partial charge < -0.3 is 4.18 Å². The molecule has 0 heterocycles. The van der Waals surface area contributed by atoms with Crippen LogP contribution in [0.5, 0.6) is 5.75 Å². The monoisotopic (exact) mass is 240 g/mol. The number of rotatable bonds is 2. The Labute approximate surface area is 94.4 Å². The van der Waals surface area contributed by atoms with Crippen molar-refractivity contribution in [1.82, 2.24) is 0 Å². The van der Waals surface area contributed by atoms with E-state index in [1.807, 2.05) is 0 Å². The zero-order valence-electron chi connectivity index (χ0n) is 8.89. The number of benzene rings is 1. The minimum Gasteiger partial charge on any atom is -0.383 e. The highest BCUT2D eigenvalue weighted by Gasteiger charge is 2.18. The molecule has 1 aromatic carbocycles. The number of hydrogen-bond donors (Lipinski definition) is 0. The van der Waals surface area contributed by atoms with E-state index in [1.165, 1.54) is 6.07 Å². The molecule has 0 fully saturated rings. The number of fused-ring (bicyclic) bond motifs is 1. The van der Waals surface area contributed by atoms with E-state index in [0.29, 0.717) is 12.0 Å². The van der Waals surface area contributed by atoms with Crippen LogP contribution in [0.3, 0.4) is 0 Å². The molecule has 0 atom stereocenters. The molecule has 0 radical (unpaired) electrons. The molecule has 0 saturated carbocycles. The lowest BCUT2D eigenvalue weighted by molar-refractivity contribution is 0.0972. The normalized spacial score (nSPS) is 15.7. The van der Waals surface area contributed by atoms with Gasteiger partial charge in [0.25, 0.3) is 0 Å². The van der Waals surface area contributed by atoms with Gasteiger partial charge in [0.2, 0.25) is 0 Å². The highest BCUT2D eigenvalue weighted by Crippen LogP contribution is 2.25. The van der Waals surface area contributed by atoms with E-state index in [1.54, 1.807) is 12.1 Å². The smallest absolute Gasteiger partial charge is 0.306 e. The molecular formula is C11H12O4S. The summed E-state index contributed by atoms with van der Waals surface area (Å²) < 4.78 is 26.7. The first-order valence-electron chi connectivity index (χ1n) is 5.01. The van der Waals surface area contributed by atoms with E-state index < -0.39 is 10.1 Å². The predicted molar refractivity (Wildman–Crippen MR) is 59.2 cm³/mol. The van der Waals surface area contributed by atoms with Crippen LogP contribution in [-0.2, 0) is 16.5 Å². The van der Waals surface area contributed by atoms with Gasteiger partial charge in [-0.3, -0.25) is 4.79 Å². The van der Waals surface area contributed by atoms with Crippen LogP contribution in [0, 0.1) is 0 Å². The molecule has 16 heavy (non-hydrogen) atoms. The summed E-state index contributed by atoms with van der Waals surface area (Å²) in [5.41, 5.74) is 1.56. The van der Waals surface area contributed by atoms with E-state index in [-0.39, 0.29) is 11.5 Å². The second kappa shape index (κ2) is 3.90. The fourth-order valence-corrected chi connectivity index (χ4v) is 2.30. The maximum Gasteiger partial charge on any atom is 0.306 e. The summed E-state index contributed by atoms with van der Waals surface area (Å²) in [5.74, 6) is 0.392. The summed E-state index contributed by atoms with van der Waals surface area (Å²) in [5, 5.41) is 0. The predicted octanol–water partition coefficient (Wildman–Crippen LogP) is 1.54. The van der Waals surface area contributed by atoms with Crippen molar-refractivity contribution in [3.8, 4) is 5.75 Å². The van der Waals surface area contributed by atoms with Crippen LogP contribution in [0.4, 0.5) is 0 Å². The lowest BCUT2D eigenvalue weighted by Crippen LogP contribution is -2.12. The molecule has 2 rings (SSSR count). The van der Waals surface area contributed by atoms with Crippen LogP contribution < -0.4 is 4.18 Å². The van der Waals surface area contributed by atoms with Gasteiger partial charge in [-0.25, -0.2) is 0 Å². The molecule has 1 aliphatic carbocycles. The van der Waals surface area contributed by atoms with E-state index >= 15 is 0 Å². The van der Waals surface area contributed by atoms with Crippen molar-refractivity contribution < 1.29 is 17.4 Å². The molecule has 1 aliphatic rings. The number of aryl methyl sites for hydroxylation is 1. The van der Waals surface area contributed by atoms with Crippen LogP contribution in [0.15, 0.2) is 18.2 Å². The summed E-state index contributed by atoms with van der Waals surface area (Å²) in [6.07, 6.45) is 3.17. The van der Waals surface area contributed by atoms with Crippen molar-refractivity contribution in [3.05, 3.63) is 29.3 Å². The van der Waals surface area contributed by atoms with E-state index in [2.05, 4.69) is 0 Å². The molecule has 0 aromatic heterocycles. The Morgan fingerprint density at radius 2 is 2.00 bits per heavy atom. The first-order valence-corrected chi connectivity index (χ1v) is 6.83. The minimum absolute atomic E-state index is 0.118. The third kappa shape index (κ3) is 2.41. The van der Waals surface area contributed by atoms with E-state index in [4.69, 9.17) is 4.18 Å². The van der Waals surface area contributed by atoms with Crippen molar-refractivity contribution in [1.29, 1.82) is 0 Å². The number of hydrogen-bond acceptors (Lipinski definition) is 4. The Hall–Kier alpha value is -1.36. The molecule has 4 nitrogen and oxygen atoms in total. The van der Waals surface area contributed by atoms with Gasteiger partial charge in [0.1, 0.15) is 5.75 Å². The number of ketones is 1. The zero-order valence-corrected chi connectivity index (χ0v) is 9.71. The SMILES string of the molecule is CS(=O)(=O)Oc1ccc2c(c1)CCCC2=O. The Balaban J connectivity index is 2.36. The highest BCUT2D eigenvalue weighted by atomic mass is 32.2. The number of carbonyl (C=O) groups is 1. The molecular weight excluding hydrogens is 228 g/mol. The largest absolute Gasteiger partial charge is 0.383 e. The molecule has 5 heteroatoms. The average molecular weight is 240 g/mol. The summed E-state index contributed by atoms with van der Waals surface area (Å²) in [7, 11) is -3.50. The van der Waals surface area contributed by atoms with Gasteiger partial charge in [-0.15, -0.1) is 0 Å². The fraction of sp³-hybridized carbons (Fsp3) is 0.364. The van der Waals surface area contributed by atoms with Gasteiger partial charge in [0.15, 0.2) is 5.78 Å². The van der Waals surface area contributed by atoms with Crippen molar-refractivity contribution in [2.24, 2.45) is 0 Å². The molecule has 86 valence electrons. The maximum absolute atomic E-state index is 11.5. The topological polar surface area (TPSA) is 60.4 Å². The Morgan fingerprint density at radius 3 is 2.69 bits per heavy atom. The molecule has 0 N–H and O–H groups in total. The maximum atomic E-state index is 11.5. The van der Waals surface area contributed by atoms with Crippen LogP contribution >= 0.6 is 0 Å². The first-order chi connectivity index (χ1) is 7.46. The summed E-state index contributed by atoms with van der Waals surface area (Å²) in [6.45, 7) is 0. The molecule has 0 spiro atoms. The highest BCUT2D eigenvalue weighted by molar-refractivity contribution is 7.86. The third-order valence-electron chi connectivity index (χ3n) is 2.47. The van der Waals surface area contributed by atoms with Gasteiger partial charge in [0.05, 0.1) is 6.26 Å². The molecule has 0 bridgehead atoms. The zero-order chi connectivity index (χ0) is 11.8. The summed E-state index contributed by atoms with van der Waals surface area (Å²) in [6, 6.07) is 4.79. The van der Waals surface area contributed by atoms with Gasteiger partial charge in [-0.2, -0.15) is 8.42 Å². The van der Waals surface area contributed by atoms with Gasteiger partial charge in [-0.05, 0) is 36.6 Å². The summed E-state index contributed by atoms with van der Waals surface area (Å²) in [4.78, 5) is 11.5. The van der Waals surface area contributed by atoms with Crippen molar-refractivity contribution in [2.75, 3.05) is 6.26 Å². The second-order valence-electron chi connectivity index (χ2n) is 3.88. The van der Waals surface area contributed by atoms with Gasteiger partial charge >= 0.3 is 10.1 Å². The number of Topliss-reactive ketones (excluding diaryl/α,β-unsaturated/α-hetero) is 1. The lowest BCUT2D eigenvalue weighted by Gasteiger charge is -2.15. The Bertz CT molecular complexity index is 531. The quantitative estimate of drug-likeness (QED) is 0.736. The van der Waals surface area contributed by atoms with Crippen LogP contribution in [0.25, 0.3) is 0 Å². The molecule has 0 saturated heterocycles. The van der Waals surface area contributed by atoms with Crippen molar-refractivity contribution >= 4 is 15.9 Å². The Morgan fingerprint density at radius 1 is 1.25 bits per heavy atom. The molecule has 0 amide bonds. The number of carbonyl (C=O) groups excluding carboxylic acids is 1. The van der Waals surface area contributed by atoms with Crippen molar-refractivity contribution in [2.45, 2.75) is 19.3 Å². The molecule has 0 aliphatic heterocycles. The molecule has 1 aromatic rings. The Kier molecular flexibility index (Phi) is 2.71. The second-order valence-corrected chi connectivity index (χ2v) is 5.46. The van der Waals surface area contributed by atoms with Crippen LogP contribution in [0.1, 0.15) is 28.8 Å². The van der Waals surface area contributed by atoms with Crippen LogP contribution in [0.2, 0.25) is 0 Å². The summed E-state index contributed by atoms with van der Waals surface area (Å²) >= 11 is 0. The standard InChI is InChI=1S/C11H12O4S/c1-16(13,14)15-9-5-6-10-8(7-9)3-2-4-11(10)12/h5-7H,2-4H2,1H3. The average Bonchev–Trinajstić information content (AvgIpc) is 2.15. The fourth-order valence-electron chi connectivity index (χ4n) is 1.85. The third-order valence-corrected chi connectivity index (χ3v) is 2.97. The lowest BCUT2D eigenvalue weighted by atomic mass is 9.91. The first kappa shape index (κ1) is 11.1. The van der Waals surface area contributed by atoms with Crippen LogP contribution in [-0.4, -0.2) is 20.5 Å². The minimum atomic E-state index is -3.50. The molecule has 0 unspecified atom stereocenters. The van der Waals surface area contributed by atoms with E-state index in [9.17, 15) is 13.2 Å².